The number of aliphatic hydroxyl groups is 3. The van der Waals surface area contributed by atoms with E-state index in [1.807, 2.05) is 97.0 Å². The average molecular weight is 1230 g/mol. The quantitative estimate of drug-likeness (QED) is 0.0218. The van der Waals surface area contributed by atoms with Crippen molar-refractivity contribution < 1.29 is 78.1 Å². The number of para-hydroxylation sites is 1. The van der Waals surface area contributed by atoms with Crippen molar-refractivity contribution >= 4 is 58.9 Å². The van der Waals surface area contributed by atoms with Crippen molar-refractivity contribution in [3.05, 3.63) is 136 Å². The number of hydrogen-bond acceptors (Lipinski definition) is 15. The molecule has 1 saturated heterocycles. The van der Waals surface area contributed by atoms with Crippen LogP contribution in [0.3, 0.4) is 0 Å². The van der Waals surface area contributed by atoms with E-state index in [-0.39, 0.29) is 73.6 Å². The molecule has 89 heavy (non-hydrogen) atoms. The monoisotopic (exact) mass is 1230 g/mol. The summed E-state index contributed by atoms with van der Waals surface area (Å²) in [4.78, 5) is 108. The minimum Gasteiger partial charge on any atom is -0.479 e. The van der Waals surface area contributed by atoms with Crippen LogP contribution < -0.4 is 36.2 Å². The number of carbonyl (C=O) groups excluding carboxylic acids is 6. The van der Waals surface area contributed by atoms with Gasteiger partial charge in [-0.3, -0.25) is 29.3 Å². The number of amides is 6. The van der Waals surface area contributed by atoms with E-state index in [9.17, 15) is 63.9 Å². The molecule has 0 aromatic heterocycles. The molecule has 8 atom stereocenters. The lowest BCUT2D eigenvalue weighted by Crippen LogP contribution is -2.61. The Balaban J connectivity index is 1.06. The number of anilines is 2. The van der Waals surface area contributed by atoms with Gasteiger partial charge < -0.3 is 70.8 Å². The zero-order chi connectivity index (χ0) is 65.5. The van der Waals surface area contributed by atoms with Gasteiger partial charge in [-0.25, -0.2) is 14.4 Å². The Hall–Kier alpha value is -8.66. The molecule has 2 heterocycles. The molecule has 6 rings (SSSR count). The predicted molar refractivity (Wildman–Crippen MR) is 330 cm³/mol. The summed E-state index contributed by atoms with van der Waals surface area (Å²) in [6.07, 6.45) is -7.97. The second kappa shape index (κ2) is 31.0. The Morgan fingerprint density at radius 1 is 0.787 bits per heavy atom. The molecule has 478 valence electrons. The SMILES string of the molecule is CN[C@H](C(=O)N[C@H](C(=O)N(C)[C@H](/C=C(\C)C(=O)O)C(C)C)C(C)(C)C)C(C)(C)c1cccc(NC(=O)OCc2ccc(O[C@@H]3O[C@H](C(=O)O)[C@@H](O)[C@H](O)[C@H]3O)c(CNC(=O)CCNC(=O)CCCCC(=O)N3Cc4ccccc4C#Cc4ccccc43)c2)c1. The molecule has 0 saturated carbocycles. The van der Waals surface area contributed by atoms with Crippen molar-refractivity contribution in [2.45, 2.75) is 161 Å². The van der Waals surface area contributed by atoms with Crippen LogP contribution in [-0.4, -0.2) is 147 Å². The fraction of sp³-hybridized carbons (Fsp3) is 0.455. The summed E-state index contributed by atoms with van der Waals surface area (Å²) in [5, 5.41) is 64.9. The third-order valence-electron chi connectivity index (χ3n) is 15.7. The van der Waals surface area contributed by atoms with Gasteiger partial charge in [-0.05, 0) is 97.3 Å². The highest BCUT2D eigenvalue weighted by Crippen LogP contribution is 2.33. The summed E-state index contributed by atoms with van der Waals surface area (Å²) >= 11 is 0. The number of rotatable bonds is 26. The topological polar surface area (TPSA) is 332 Å². The van der Waals surface area contributed by atoms with Crippen LogP contribution in [0.4, 0.5) is 16.2 Å². The Morgan fingerprint density at radius 3 is 2.12 bits per heavy atom. The van der Waals surface area contributed by atoms with Gasteiger partial charge >= 0.3 is 18.0 Å². The molecule has 4 aromatic rings. The maximum absolute atomic E-state index is 14.3. The number of nitrogens with zero attached hydrogens (tertiary/aromatic N) is 2. The molecule has 2 aliphatic rings. The smallest absolute Gasteiger partial charge is 0.411 e. The number of carbonyl (C=O) groups is 8. The first kappa shape index (κ1) is 69.4. The van der Waals surface area contributed by atoms with Crippen LogP contribution in [0, 0.1) is 23.2 Å². The molecular formula is C66H83N7O16. The van der Waals surface area contributed by atoms with Crippen LogP contribution >= 0.6 is 0 Å². The van der Waals surface area contributed by atoms with E-state index in [4.69, 9.17) is 14.2 Å². The minimum absolute atomic E-state index is 0.0271. The molecule has 10 N–H and O–H groups in total. The zero-order valence-corrected chi connectivity index (χ0v) is 51.9. The Morgan fingerprint density at radius 2 is 1.45 bits per heavy atom. The first-order valence-corrected chi connectivity index (χ1v) is 29.5. The van der Waals surface area contributed by atoms with Crippen molar-refractivity contribution in [1.29, 1.82) is 0 Å². The fourth-order valence-electron chi connectivity index (χ4n) is 10.4. The normalized spacial score (nSPS) is 18.4. The third-order valence-corrected chi connectivity index (χ3v) is 15.7. The standard InChI is InChI=1S/C66H83N7O16/c1-38(2)48(32-39(3)61(82)83)72(10)60(81)58(65(4,5)6)71-59(80)57(67-9)66(7,8)45-21-17-22-46(34-45)70-64(86)87-37-40-26-29-49(88-63-55(79)53(77)54(78)56(89-63)62(84)85)44(33-40)35-69-51(75)30-31-68-50(74)24-15-16-25-52(76)73-36-43-20-12-11-18-41(43)27-28-42-19-13-14-23-47(42)73/h11-14,17-23,26,29,32-34,38,48,53-58,63,67,77-79H,15-16,24-25,30-31,35-37H2,1-10H3,(H,68,74)(H,69,75)(H,70,86)(H,71,80)(H,82,83)(H,84,85)/b39-32+/t48-,53+,54+,55-,56+,57-,58-,63-/m1/s1. The van der Waals surface area contributed by atoms with E-state index in [1.54, 1.807) is 43.3 Å². The number of likely N-dealkylation sites (N-methyl/N-ethyl adjacent to an activating group) is 2. The van der Waals surface area contributed by atoms with Crippen molar-refractivity contribution in [2.75, 3.05) is 30.9 Å². The lowest BCUT2D eigenvalue weighted by atomic mass is 9.76. The lowest BCUT2D eigenvalue weighted by Gasteiger charge is -2.40. The molecule has 0 bridgehead atoms. The van der Waals surface area contributed by atoms with Gasteiger partial charge in [0.05, 0.1) is 24.3 Å². The summed E-state index contributed by atoms with van der Waals surface area (Å²) in [5.41, 5.74) is 3.12. The lowest BCUT2D eigenvalue weighted by molar-refractivity contribution is -0.271. The molecule has 23 heteroatoms. The van der Waals surface area contributed by atoms with E-state index in [1.165, 1.54) is 36.1 Å². The van der Waals surface area contributed by atoms with E-state index in [0.717, 1.165) is 22.4 Å². The number of fused-ring (bicyclic) bond motifs is 2. The number of nitrogens with one attached hydrogen (secondary N) is 5. The maximum Gasteiger partial charge on any atom is 0.411 e. The summed E-state index contributed by atoms with van der Waals surface area (Å²) in [6, 6.07) is 23.8. The van der Waals surface area contributed by atoms with Crippen LogP contribution in [0.2, 0.25) is 0 Å². The van der Waals surface area contributed by atoms with Crippen LogP contribution in [0.15, 0.2) is 103 Å². The first-order chi connectivity index (χ1) is 42.0. The zero-order valence-electron chi connectivity index (χ0n) is 51.9. The van der Waals surface area contributed by atoms with E-state index >= 15 is 0 Å². The van der Waals surface area contributed by atoms with E-state index < -0.39 is 95.4 Å². The number of ether oxygens (including phenoxy) is 3. The molecule has 6 amide bonds. The number of aliphatic hydroxyl groups excluding tert-OH is 3. The first-order valence-electron chi connectivity index (χ1n) is 29.5. The van der Waals surface area contributed by atoms with Crippen LogP contribution in [-0.2, 0) is 68.1 Å². The van der Waals surface area contributed by atoms with Gasteiger partial charge in [-0.1, -0.05) is 115 Å². The van der Waals surface area contributed by atoms with Crippen molar-refractivity contribution in [3.63, 3.8) is 0 Å². The van der Waals surface area contributed by atoms with E-state index in [0.29, 0.717) is 36.2 Å². The van der Waals surface area contributed by atoms with Crippen molar-refractivity contribution in [2.24, 2.45) is 11.3 Å². The summed E-state index contributed by atoms with van der Waals surface area (Å²) < 4.78 is 16.8. The summed E-state index contributed by atoms with van der Waals surface area (Å²) in [6.45, 7) is 14.1. The fourth-order valence-corrected chi connectivity index (χ4v) is 10.4. The highest BCUT2D eigenvalue weighted by atomic mass is 16.7. The van der Waals surface area contributed by atoms with Crippen molar-refractivity contribution in [3.8, 4) is 17.6 Å². The van der Waals surface area contributed by atoms with Gasteiger partial charge in [0, 0.05) is 72.8 Å². The van der Waals surface area contributed by atoms with Gasteiger partial charge in [0.25, 0.3) is 0 Å². The van der Waals surface area contributed by atoms with Gasteiger partial charge in [0.15, 0.2) is 6.10 Å². The highest BCUT2D eigenvalue weighted by Gasteiger charge is 2.48. The number of benzene rings is 4. The molecule has 0 aliphatic carbocycles. The number of hydrogen-bond donors (Lipinski definition) is 10. The Kier molecular flexibility index (Phi) is 24.2. The van der Waals surface area contributed by atoms with Gasteiger partial charge in [-0.2, -0.15) is 0 Å². The maximum atomic E-state index is 14.3. The second-order valence-corrected chi connectivity index (χ2v) is 24.2. The van der Waals surface area contributed by atoms with E-state index in [2.05, 4.69) is 38.4 Å². The van der Waals surface area contributed by atoms with Crippen LogP contribution in [0.25, 0.3) is 0 Å². The minimum atomic E-state index is -1.99. The molecular weight excluding hydrogens is 1150 g/mol. The average Bonchev–Trinajstić information content (AvgIpc) is 1.21. The predicted octanol–water partition coefficient (Wildman–Crippen LogP) is 5.25. The molecule has 2 aliphatic heterocycles. The van der Waals surface area contributed by atoms with Crippen LogP contribution in [0.1, 0.15) is 121 Å². The second-order valence-electron chi connectivity index (χ2n) is 24.2. The van der Waals surface area contributed by atoms with Gasteiger partial charge in [0.1, 0.15) is 36.7 Å². The number of unbranched alkanes of at least 4 members (excludes halogenated alkanes) is 1. The molecule has 1 fully saturated rings. The summed E-state index contributed by atoms with van der Waals surface area (Å²) in [5.74, 6) is 1.65. The van der Waals surface area contributed by atoms with Gasteiger partial charge in [0.2, 0.25) is 35.8 Å². The number of aliphatic carboxylic acids is 2. The molecule has 23 nitrogen and oxygen atoms in total. The van der Waals surface area contributed by atoms with Crippen LogP contribution in [0.5, 0.6) is 5.75 Å². The Bertz CT molecular complexity index is 3330. The van der Waals surface area contributed by atoms with Gasteiger partial charge in [-0.15, -0.1) is 0 Å². The molecule has 0 unspecified atom stereocenters. The molecule has 0 radical (unpaired) electrons. The highest BCUT2D eigenvalue weighted by molar-refractivity contribution is 5.95. The third kappa shape index (κ3) is 18.5. The molecule has 4 aromatic carbocycles. The van der Waals surface area contributed by atoms with Crippen molar-refractivity contribution in [1.82, 2.24) is 26.2 Å². The summed E-state index contributed by atoms with van der Waals surface area (Å²) in [7, 11) is 3.19. The largest absolute Gasteiger partial charge is 0.479 e. The number of carboxylic acid groups (broad SMARTS) is 2. The number of carboxylic acids is 2. The Labute approximate surface area is 518 Å². The molecule has 0 spiro atoms.